The predicted octanol–water partition coefficient (Wildman–Crippen LogP) is 6.61. The van der Waals surface area contributed by atoms with Gasteiger partial charge >= 0.3 is 0 Å². The summed E-state index contributed by atoms with van der Waals surface area (Å²) in [6.45, 7) is 7.32. The fourth-order valence-electron chi connectivity index (χ4n) is 4.56. The predicted molar refractivity (Wildman–Crippen MR) is 171 cm³/mol. The lowest BCUT2D eigenvalue weighted by Gasteiger charge is -2.30. The Morgan fingerprint density at radius 1 is 1.05 bits per heavy atom. The summed E-state index contributed by atoms with van der Waals surface area (Å²) in [4.78, 5) is 37.4. The monoisotopic (exact) mass is 591 g/mol. The summed E-state index contributed by atoms with van der Waals surface area (Å²) in [6.07, 6.45) is 2.65. The number of amides is 2. The summed E-state index contributed by atoms with van der Waals surface area (Å²) in [6, 6.07) is 18.5. The van der Waals surface area contributed by atoms with E-state index in [4.69, 9.17) is 11.6 Å². The number of carbonyl (C=O) groups is 3. The third-order valence-electron chi connectivity index (χ3n) is 6.26. The fourth-order valence-corrected chi connectivity index (χ4v) is 5.43. The van der Waals surface area contributed by atoms with Crippen LogP contribution in [0.3, 0.4) is 0 Å². The van der Waals surface area contributed by atoms with Gasteiger partial charge in [0.1, 0.15) is 6.29 Å². The third-order valence-corrected chi connectivity index (χ3v) is 7.48. The van der Waals surface area contributed by atoms with E-state index in [1.165, 1.54) is 20.0 Å². The number of nitrogens with zero attached hydrogens (tertiary/aromatic N) is 2. The summed E-state index contributed by atoms with van der Waals surface area (Å²) in [7, 11) is 1.50. The molecule has 2 amide bonds. The third kappa shape index (κ3) is 7.85. The van der Waals surface area contributed by atoms with Gasteiger partial charge in [-0.3, -0.25) is 9.59 Å². The van der Waals surface area contributed by atoms with Gasteiger partial charge in [-0.25, -0.2) is 5.01 Å². The zero-order valence-corrected chi connectivity index (χ0v) is 24.9. The van der Waals surface area contributed by atoms with Crippen molar-refractivity contribution in [2.24, 2.45) is 10.8 Å². The van der Waals surface area contributed by atoms with Crippen LogP contribution in [0.2, 0.25) is 5.02 Å². The van der Waals surface area contributed by atoms with Gasteiger partial charge < -0.3 is 21.2 Å². The molecule has 0 saturated carbocycles. The summed E-state index contributed by atoms with van der Waals surface area (Å²) in [5.74, 6) is 0.314. The average molecular weight is 592 g/mol. The lowest BCUT2D eigenvalue weighted by atomic mass is 9.87. The molecule has 10 heteroatoms. The topological polar surface area (TPSA) is 117 Å². The van der Waals surface area contributed by atoms with Gasteiger partial charge in [0.2, 0.25) is 5.91 Å². The van der Waals surface area contributed by atoms with Crippen LogP contribution < -0.4 is 21.4 Å². The van der Waals surface area contributed by atoms with Gasteiger partial charge in [0.05, 0.1) is 22.0 Å². The highest BCUT2D eigenvalue weighted by Gasteiger charge is 2.25. The van der Waals surface area contributed by atoms with Crippen molar-refractivity contribution < 1.29 is 14.4 Å². The van der Waals surface area contributed by atoms with Crippen molar-refractivity contribution >= 4 is 70.9 Å². The van der Waals surface area contributed by atoms with Gasteiger partial charge in [0.15, 0.2) is 0 Å². The Morgan fingerprint density at radius 3 is 2.37 bits per heavy atom. The van der Waals surface area contributed by atoms with Gasteiger partial charge in [-0.1, -0.05) is 24.6 Å². The maximum atomic E-state index is 13.2. The van der Waals surface area contributed by atoms with Crippen molar-refractivity contribution in [2.75, 3.05) is 28.4 Å². The van der Waals surface area contributed by atoms with Crippen LogP contribution in [0, 0.1) is 0 Å². The number of allylic oxidation sites excluding steroid dienone is 1. The standard InChI is InChI=1S/C30H29ClN4O3S.CH5N/c1-4-39-25-12-10-24(11-13-25)35(32-3)29-21(15-16-36)6-5-20-7-8-23(17-26(20)29)34-30(38)27-18-22(33-19(2)37)9-14-28(27)31;1-2/h7-14,16-18H,3-6,15H2,1-2H3,(H,33,37)(H,34,38);2H2,1H3. The number of fused-ring (bicyclic) bond motifs is 1. The largest absolute Gasteiger partial charge is 0.333 e. The van der Waals surface area contributed by atoms with E-state index in [-0.39, 0.29) is 22.9 Å². The number of aldehydes is 1. The highest BCUT2D eigenvalue weighted by atomic mass is 35.5. The molecule has 4 N–H and O–H groups in total. The van der Waals surface area contributed by atoms with Crippen molar-refractivity contribution in [3.8, 4) is 0 Å². The van der Waals surface area contributed by atoms with Crippen LogP contribution in [0.25, 0.3) is 5.70 Å². The molecule has 214 valence electrons. The molecule has 0 aromatic heterocycles. The number of benzene rings is 3. The molecule has 0 fully saturated rings. The van der Waals surface area contributed by atoms with Crippen LogP contribution in [-0.4, -0.2) is 37.6 Å². The highest BCUT2D eigenvalue weighted by Crippen LogP contribution is 2.39. The number of anilines is 3. The first-order valence-electron chi connectivity index (χ1n) is 13.1. The average Bonchev–Trinajstić information content (AvgIpc) is 2.97. The molecule has 3 aromatic carbocycles. The van der Waals surface area contributed by atoms with E-state index < -0.39 is 5.91 Å². The van der Waals surface area contributed by atoms with E-state index in [0.29, 0.717) is 17.8 Å². The SMILES string of the molecule is C=NN(C1=C(CC=O)CCc2ccc(NC(=O)c3cc(NC(C)=O)ccc3Cl)cc21)c1ccc(SCC)cc1.CN. The first kappa shape index (κ1) is 31.6. The Bertz CT molecular complexity index is 1460. The van der Waals surface area contributed by atoms with E-state index in [1.54, 1.807) is 28.9 Å². The van der Waals surface area contributed by atoms with Crippen LogP contribution in [0.1, 0.15) is 48.2 Å². The lowest BCUT2D eigenvalue weighted by molar-refractivity contribution is -0.114. The second-order valence-electron chi connectivity index (χ2n) is 8.90. The summed E-state index contributed by atoms with van der Waals surface area (Å²) in [5.41, 5.74) is 10.3. The van der Waals surface area contributed by atoms with Crippen molar-refractivity contribution in [3.05, 3.63) is 87.9 Å². The minimum atomic E-state index is -0.413. The quantitative estimate of drug-likeness (QED) is 0.106. The van der Waals surface area contributed by atoms with E-state index >= 15 is 0 Å². The molecular weight excluding hydrogens is 558 g/mol. The Hall–Kier alpha value is -3.92. The Morgan fingerprint density at radius 2 is 1.73 bits per heavy atom. The molecule has 0 unspecified atom stereocenters. The second-order valence-corrected chi connectivity index (χ2v) is 10.6. The molecule has 4 rings (SSSR count). The van der Waals surface area contributed by atoms with Gasteiger partial charge in [0.25, 0.3) is 5.91 Å². The van der Waals surface area contributed by atoms with Gasteiger partial charge in [0, 0.05) is 41.9 Å². The number of nitrogens with one attached hydrogen (secondary N) is 2. The van der Waals surface area contributed by atoms with Crippen molar-refractivity contribution in [1.29, 1.82) is 0 Å². The molecule has 0 radical (unpaired) electrons. The molecule has 1 aliphatic carbocycles. The molecule has 0 aliphatic heterocycles. The molecule has 8 nitrogen and oxygen atoms in total. The highest BCUT2D eigenvalue weighted by molar-refractivity contribution is 7.99. The number of thioether (sulfide) groups is 1. The number of rotatable bonds is 10. The van der Waals surface area contributed by atoms with Crippen molar-refractivity contribution in [3.63, 3.8) is 0 Å². The zero-order chi connectivity index (χ0) is 29.9. The Balaban J connectivity index is 0.00000226. The molecule has 0 saturated heterocycles. The fraction of sp³-hybridized carbons (Fsp3) is 0.226. The van der Waals surface area contributed by atoms with E-state index in [2.05, 4.69) is 35.1 Å². The zero-order valence-electron chi connectivity index (χ0n) is 23.4. The number of hydrogen-bond acceptors (Lipinski definition) is 7. The molecule has 0 heterocycles. The van der Waals surface area contributed by atoms with Crippen LogP contribution in [0.5, 0.6) is 0 Å². The van der Waals surface area contributed by atoms with Gasteiger partial charge in [-0.05, 0) is 91.4 Å². The molecule has 0 bridgehead atoms. The molecule has 0 atom stereocenters. The van der Waals surface area contributed by atoms with Crippen LogP contribution in [0.4, 0.5) is 17.1 Å². The van der Waals surface area contributed by atoms with Gasteiger partial charge in [-0.15, -0.1) is 11.8 Å². The van der Waals surface area contributed by atoms with Gasteiger partial charge in [-0.2, -0.15) is 5.10 Å². The summed E-state index contributed by atoms with van der Waals surface area (Å²) < 4.78 is 0. The van der Waals surface area contributed by atoms with Crippen LogP contribution >= 0.6 is 23.4 Å². The van der Waals surface area contributed by atoms with Crippen molar-refractivity contribution in [1.82, 2.24) is 0 Å². The molecular formula is C31H34ClN5O3S. The first-order chi connectivity index (χ1) is 19.8. The minimum Gasteiger partial charge on any atom is -0.333 e. The Labute approximate surface area is 250 Å². The maximum absolute atomic E-state index is 13.2. The number of nitrogens with two attached hydrogens (primary N) is 1. The van der Waals surface area contributed by atoms with Crippen LogP contribution in [0.15, 0.2) is 76.2 Å². The summed E-state index contributed by atoms with van der Waals surface area (Å²) in [5, 5.41) is 11.9. The number of hydrazone groups is 1. The summed E-state index contributed by atoms with van der Waals surface area (Å²) >= 11 is 8.06. The van der Waals surface area contributed by atoms with E-state index in [9.17, 15) is 14.4 Å². The second kappa shape index (κ2) is 15.2. The van der Waals surface area contributed by atoms with Crippen molar-refractivity contribution in [2.45, 2.75) is 38.0 Å². The first-order valence-corrected chi connectivity index (χ1v) is 14.5. The molecule has 0 spiro atoms. The van der Waals surface area contributed by atoms with Crippen LogP contribution in [-0.2, 0) is 16.0 Å². The molecule has 1 aliphatic rings. The lowest BCUT2D eigenvalue weighted by Crippen LogP contribution is -2.21. The molecule has 41 heavy (non-hydrogen) atoms. The number of hydrogen-bond donors (Lipinski definition) is 3. The van der Waals surface area contributed by atoms with E-state index in [1.807, 2.05) is 42.5 Å². The smallest absolute Gasteiger partial charge is 0.257 e. The normalized spacial score (nSPS) is 11.9. The Kier molecular flexibility index (Phi) is 11.7. The number of halogens is 1. The number of carbonyl (C=O) groups excluding carboxylic acids is 3. The molecule has 3 aromatic rings. The minimum absolute atomic E-state index is 0.234. The number of aryl methyl sites for hydroxylation is 1. The maximum Gasteiger partial charge on any atom is 0.257 e. The van der Waals surface area contributed by atoms with E-state index in [0.717, 1.165) is 51.4 Å².